The molecule has 3 aromatic carbocycles. The van der Waals surface area contributed by atoms with Gasteiger partial charge in [-0.25, -0.2) is 4.39 Å². The van der Waals surface area contributed by atoms with Crippen LogP contribution in [0.3, 0.4) is 0 Å². The van der Waals surface area contributed by atoms with E-state index < -0.39 is 11.8 Å². The van der Waals surface area contributed by atoms with Crippen LogP contribution in [-0.2, 0) is 11.2 Å². The van der Waals surface area contributed by atoms with E-state index in [-0.39, 0.29) is 11.4 Å². The van der Waals surface area contributed by atoms with Crippen LogP contribution in [0.1, 0.15) is 18.9 Å². The summed E-state index contributed by atoms with van der Waals surface area (Å²) in [6, 6.07) is 16.9. The fourth-order valence-corrected chi connectivity index (χ4v) is 3.00. The highest BCUT2D eigenvalue weighted by Gasteiger charge is 2.09. The molecule has 0 amide bonds. The second-order valence-corrected chi connectivity index (χ2v) is 6.90. The number of benzene rings is 3. The standard InChI is InChI=1S/C23H20ClFO4/c1-2-8-28-19-9-15(11-23(26)27)10-20(14-19)29-18-5-3-4-16(12-18)17-6-7-22(25)21(24)13-17/h3-7,9-10,12-14H,2,8,11H2,1H3,(H,26,27). The molecule has 1 N–H and O–H groups in total. The Hall–Kier alpha value is -3.05. The fraction of sp³-hybridized carbons (Fsp3) is 0.174. The summed E-state index contributed by atoms with van der Waals surface area (Å²) in [6.07, 6.45) is 0.704. The second-order valence-electron chi connectivity index (χ2n) is 6.49. The monoisotopic (exact) mass is 414 g/mol. The first-order valence-electron chi connectivity index (χ1n) is 9.16. The van der Waals surface area contributed by atoms with Crippen LogP contribution in [-0.4, -0.2) is 17.7 Å². The van der Waals surface area contributed by atoms with Crippen molar-refractivity contribution in [1.82, 2.24) is 0 Å². The largest absolute Gasteiger partial charge is 0.493 e. The number of carbonyl (C=O) groups is 1. The van der Waals surface area contributed by atoms with Gasteiger partial charge in [-0.1, -0.05) is 36.7 Å². The molecule has 0 aliphatic heterocycles. The molecule has 3 rings (SSSR count). The van der Waals surface area contributed by atoms with Gasteiger partial charge in [0.2, 0.25) is 0 Å². The third-order valence-electron chi connectivity index (χ3n) is 4.09. The van der Waals surface area contributed by atoms with Crippen molar-refractivity contribution in [3.05, 3.63) is 77.1 Å². The first-order valence-corrected chi connectivity index (χ1v) is 9.54. The van der Waals surface area contributed by atoms with Crippen LogP contribution in [0.25, 0.3) is 11.1 Å². The summed E-state index contributed by atoms with van der Waals surface area (Å²) in [4.78, 5) is 11.1. The Morgan fingerprint density at radius 1 is 1.00 bits per heavy atom. The van der Waals surface area contributed by atoms with Crippen LogP contribution in [0.5, 0.6) is 17.2 Å². The quantitative estimate of drug-likeness (QED) is 0.466. The van der Waals surface area contributed by atoms with E-state index >= 15 is 0 Å². The summed E-state index contributed by atoms with van der Waals surface area (Å²) < 4.78 is 25.0. The Morgan fingerprint density at radius 2 is 1.76 bits per heavy atom. The van der Waals surface area contributed by atoms with Gasteiger partial charge in [-0.05, 0) is 59.5 Å². The zero-order chi connectivity index (χ0) is 20.8. The van der Waals surface area contributed by atoms with Crippen molar-refractivity contribution in [2.45, 2.75) is 19.8 Å². The van der Waals surface area contributed by atoms with Crippen molar-refractivity contribution in [3.8, 4) is 28.4 Å². The van der Waals surface area contributed by atoms with Gasteiger partial charge in [0, 0.05) is 6.07 Å². The van der Waals surface area contributed by atoms with Gasteiger partial charge in [-0.2, -0.15) is 0 Å². The van der Waals surface area contributed by atoms with Gasteiger partial charge < -0.3 is 14.6 Å². The van der Waals surface area contributed by atoms with E-state index in [4.69, 9.17) is 26.2 Å². The Balaban J connectivity index is 1.88. The van der Waals surface area contributed by atoms with E-state index in [1.807, 2.05) is 19.1 Å². The molecule has 0 unspecified atom stereocenters. The van der Waals surface area contributed by atoms with E-state index in [1.165, 1.54) is 6.07 Å². The maximum Gasteiger partial charge on any atom is 0.307 e. The number of aliphatic carboxylic acids is 1. The van der Waals surface area contributed by atoms with E-state index in [0.717, 1.165) is 17.5 Å². The summed E-state index contributed by atoms with van der Waals surface area (Å²) in [5.74, 6) is 0.180. The fourth-order valence-electron chi connectivity index (χ4n) is 2.82. The molecule has 3 aromatic rings. The van der Waals surface area contributed by atoms with E-state index in [0.29, 0.717) is 29.4 Å². The minimum Gasteiger partial charge on any atom is -0.493 e. The highest BCUT2D eigenvalue weighted by Crippen LogP contribution is 2.32. The number of ether oxygens (including phenoxy) is 2. The maximum atomic E-state index is 13.4. The van der Waals surface area contributed by atoms with Crippen molar-refractivity contribution in [1.29, 1.82) is 0 Å². The number of hydrogen-bond acceptors (Lipinski definition) is 3. The minimum atomic E-state index is -0.932. The summed E-state index contributed by atoms with van der Waals surface area (Å²) >= 11 is 5.88. The molecule has 150 valence electrons. The lowest BCUT2D eigenvalue weighted by atomic mass is 10.1. The molecule has 0 radical (unpaired) electrons. The molecule has 0 bridgehead atoms. The molecule has 0 heterocycles. The molecule has 0 saturated carbocycles. The molecular weight excluding hydrogens is 395 g/mol. The molecule has 0 aliphatic rings. The van der Waals surface area contributed by atoms with E-state index in [1.54, 1.807) is 42.5 Å². The van der Waals surface area contributed by atoms with Crippen LogP contribution in [0.4, 0.5) is 4.39 Å². The van der Waals surface area contributed by atoms with Crippen molar-refractivity contribution in [2.75, 3.05) is 6.61 Å². The molecule has 0 spiro atoms. The SMILES string of the molecule is CCCOc1cc(CC(=O)O)cc(Oc2cccc(-c3ccc(F)c(Cl)c3)c2)c1. The van der Waals surface area contributed by atoms with Crippen LogP contribution in [0.15, 0.2) is 60.7 Å². The Kier molecular flexibility index (Phi) is 6.73. The third kappa shape index (κ3) is 5.72. The van der Waals surface area contributed by atoms with Gasteiger partial charge in [0.25, 0.3) is 0 Å². The lowest BCUT2D eigenvalue weighted by Gasteiger charge is -2.12. The zero-order valence-corrected chi connectivity index (χ0v) is 16.6. The predicted octanol–water partition coefficient (Wildman–Crippen LogP) is 6.35. The number of rotatable bonds is 8. The summed E-state index contributed by atoms with van der Waals surface area (Å²) in [6.45, 7) is 2.52. The van der Waals surface area contributed by atoms with Gasteiger partial charge >= 0.3 is 5.97 Å². The van der Waals surface area contributed by atoms with Crippen molar-refractivity contribution in [2.24, 2.45) is 0 Å². The topological polar surface area (TPSA) is 55.8 Å². The number of carboxylic acid groups (broad SMARTS) is 1. The van der Waals surface area contributed by atoms with E-state index in [9.17, 15) is 9.18 Å². The van der Waals surface area contributed by atoms with Crippen LogP contribution < -0.4 is 9.47 Å². The van der Waals surface area contributed by atoms with Gasteiger partial charge in [0.1, 0.15) is 23.1 Å². The third-order valence-corrected chi connectivity index (χ3v) is 4.38. The smallest absolute Gasteiger partial charge is 0.307 e. The Bertz CT molecular complexity index is 1020. The summed E-state index contributed by atoms with van der Waals surface area (Å²) in [7, 11) is 0. The molecule has 29 heavy (non-hydrogen) atoms. The first kappa shape index (κ1) is 20.7. The van der Waals surface area contributed by atoms with Crippen molar-refractivity contribution < 1.29 is 23.8 Å². The van der Waals surface area contributed by atoms with Crippen molar-refractivity contribution >= 4 is 17.6 Å². The van der Waals surface area contributed by atoms with Crippen LogP contribution in [0, 0.1) is 5.82 Å². The lowest BCUT2D eigenvalue weighted by Crippen LogP contribution is -2.02. The lowest BCUT2D eigenvalue weighted by molar-refractivity contribution is -0.136. The number of carboxylic acids is 1. The second kappa shape index (κ2) is 9.43. The van der Waals surface area contributed by atoms with Crippen molar-refractivity contribution in [3.63, 3.8) is 0 Å². The molecule has 6 heteroatoms. The molecule has 0 atom stereocenters. The average molecular weight is 415 g/mol. The first-order chi connectivity index (χ1) is 13.9. The van der Waals surface area contributed by atoms with Gasteiger partial charge in [-0.3, -0.25) is 4.79 Å². The highest BCUT2D eigenvalue weighted by atomic mass is 35.5. The van der Waals surface area contributed by atoms with E-state index in [2.05, 4.69) is 0 Å². The molecule has 0 aromatic heterocycles. The van der Waals surface area contributed by atoms with Crippen LogP contribution >= 0.6 is 11.6 Å². The number of hydrogen-bond donors (Lipinski definition) is 1. The van der Waals surface area contributed by atoms with Gasteiger partial charge in [0.05, 0.1) is 18.1 Å². The molecule has 0 saturated heterocycles. The number of halogens is 2. The zero-order valence-electron chi connectivity index (χ0n) is 15.8. The predicted molar refractivity (Wildman–Crippen MR) is 110 cm³/mol. The normalized spacial score (nSPS) is 10.6. The minimum absolute atomic E-state index is 0.0490. The molecular formula is C23H20ClFO4. The molecule has 0 fully saturated rings. The average Bonchev–Trinajstić information content (AvgIpc) is 2.68. The Labute approximate surface area is 173 Å². The summed E-state index contributed by atoms with van der Waals surface area (Å²) in [5, 5.41) is 9.15. The molecule has 0 aliphatic carbocycles. The Morgan fingerprint density at radius 3 is 2.48 bits per heavy atom. The highest BCUT2D eigenvalue weighted by molar-refractivity contribution is 6.31. The van der Waals surface area contributed by atoms with Gasteiger partial charge in [0.15, 0.2) is 0 Å². The van der Waals surface area contributed by atoms with Gasteiger partial charge in [-0.15, -0.1) is 0 Å². The summed E-state index contributed by atoms with van der Waals surface area (Å²) in [5.41, 5.74) is 2.16. The molecule has 4 nitrogen and oxygen atoms in total. The van der Waals surface area contributed by atoms with Crippen LogP contribution in [0.2, 0.25) is 5.02 Å². The maximum absolute atomic E-state index is 13.4.